The molecule has 0 spiro atoms. The molecule has 33 heavy (non-hydrogen) atoms. The lowest BCUT2D eigenvalue weighted by atomic mass is 9.79. The van der Waals surface area contributed by atoms with Crippen molar-refractivity contribution >= 4 is 28.6 Å². The van der Waals surface area contributed by atoms with Crippen molar-refractivity contribution in [2.24, 2.45) is 5.10 Å². The van der Waals surface area contributed by atoms with Crippen molar-refractivity contribution in [2.45, 2.75) is 58.5 Å². The number of hydrazone groups is 1. The predicted molar refractivity (Wildman–Crippen MR) is 136 cm³/mol. The molecule has 1 atom stereocenters. The van der Waals surface area contributed by atoms with Crippen LogP contribution in [0.1, 0.15) is 58.1 Å². The molecule has 5 nitrogen and oxygen atoms in total. The molecule has 3 aromatic rings. The van der Waals surface area contributed by atoms with E-state index in [0.717, 1.165) is 22.8 Å². The van der Waals surface area contributed by atoms with Gasteiger partial charge in [-0.05, 0) is 74.7 Å². The first-order chi connectivity index (χ1) is 15.8. The zero-order valence-corrected chi connectivity index (χ0v) is 20.1. The Hall–Kier alpha value is -3.34. The first kappa shape index (κ1) is 22.8. The highest BCUT2D eigenvalue weighted by atomic mass is 16.5. The van der Waals surface area contributed by atoms with Crippen LogP contribution in [0, 0.1) is 0 Å². The minimum absolute atomic E-state index is 0.0923. The summed E-state index contributed by atoms with van der Waals surface area (Å²) < 4.78 is 5.73. The van der Waals surface area contributed by atoms with E-state index in [1.54, 1.807) is 6.21 Å². The van der Waals surface area contributed by atoms with Crippen LogP contribution in [0.2, 0.25) is 0 Å². The highest BCUT2D eigenvalue weighted by molar-refractivity contribution is 5.89. The van der Waals surface area contributed by atoms with Crippen molar-refractivity contribution in [3.05, 3.63) is 71.8 Å². The molecule has 1 aliphatic rings. The Labute approximate surface area is 196 Å². The van der Waals surface area contributed by atoms with Crippen molar-refractivity contribution in [2.75, 3.05) is 11.5 Å². The van der Waals surface area contributed by atoms with Gasteiger partial charge in [0, 0.05) is 22.7 Å². The fourth-order valence-corrected chi connectivity index (χ4v) is 5.20. The zero-order chi connectivity index (χ0) is 23.6. The van der Waals surface area contributed by atoms with Crippen LogP contribution in [-0.4, -0.2) is 30.3 Å². The van der Waals surface area contributed by atoms with E-state index in [1.807, 2.05) is 42.5 Å². The lowest BCUT2D eigenvalue weighted by Crippen LogP contribution is -2.51. The molecule has 0 fully saturated rings. The molecule has 0 unspecified atom stereocenters. The van der Waals surface area contributed by atoms with Gasteiger partial charge in [0.05, 0.1) is 6.21 Å². The summed E-state index contributed by atoms with van der Waals surface area (Å²) in [5.41, 5.74) is 6.29. The molecule has 5 heteroatoms. The van der Waals surface area contributed by atoms with E-state index in [2.05, 4.69) is 68.2 Å². The molecule has 4 rings (SSSR count). The molecule has 1 heterocycles. The third kappa shape index (κ3) is 4.87. The number of rotatable bonds is 6. The van der Waals surface area contributed by atoms with Crippen molar-refractivity contribution in [1.29, 1.82) is 0 Å². The second-order valence-electron chi connectivity index (χ2n) is 9.76. The van der Waals surface area contributed by atoms with Gasteiger partial charge >= 0.3 is 0 Å². The van der Waals surface area contributed by atoms with E-state index >= 15 is 0 Å². The highest BCUT2D eigenvalue weighted by Gasteiger charge is 2.37. The van der Waals surface area contributed by atoms with Gasteiger partial charge in [0.2, 0.25) is 0 Å². The smallest absolute Gasteiger partial charge is 0.277 e. The van der Waals surface area contributed by atoms with Crippen LogP contribution in [0.25, 0.3) is 10.8 Å². The van der Waals surface area contributed by atoms with Crippen LogP contribution in [0.3, 0.4) is 0 Å². The van der Waals surface area contributed by atoms with Crippen molar-refractivity contribution in [3.63, 3.8) is 0 Å². The van der Waals surface area contributed by atoms with Crippen LogP contribution in [-0.2, 0) is 4.79 Å². The lowest BCUT2D eigenvalue weighted by molar-refractivity contribution is -0.123. The summed E-state index contributed by atoms with van der Waals surface area (Å²) >= 11 is 0. The average molecular weight is 444 g/mol. The van der Waals surface area contributed by atoms with Crippen LogP contribution < -0.4 is 15.1 Å². The molecule has 0 radical (unpaired) electrons. The summed E-state index contributed by atoms with van der Waals surface area (Å²) in [6.07, 6.45) is 2.79. The summed E-state index contributed by atoms with van der Waals surface area (Å²) in [6.45, 7) is 11.3. The molecule has 0 saturated heterocycles. The number of benzene rings is 3. The summed E-state index contributed by atoms with van der Waals surface area (Å²) in [6, 6.07) is 20.6. The number of anilines is 1. The van der Waals surface area contributed by atoms with Gasteiger partial charge in [-0.25, -0.2) is 5.43 Å². The first-order valence-electron chi connectivity index (χ1n) is 11.6. The Kier molecular flexibility index (Phi) is 6.41. The fraction of sp³-hybridized carbons (Fsp3) is 0.357. The predicted octanol–water partition coefficient (Wildman–Crippen LogP) is 5.87. The van der Waals surface area contributed by atoms with Crippen LogP contribution >= 0.6 is 0 Å². The molecule has 1 aliphatic heterocycles. The van der Waals surface area contributed by atoms with Gasteiger partial charge in [-0.15, -0.1) is 0 Å². The van der Waals surface area contributed by atoms with Crippen LogP contribution in [0.4, 0.5) is 5.69 Å². The van der Waals surface area contributed by atoms with Gasteiger partial charge in [0.1, 0.15) is 5.75 Å². The lowest BCUT2D eigenvalue weighted by Gasteiger charge is -2.50. The monoisotopic (exact) mass is 443 g/mol. The fourth-order valence-electron chi connectivity index (χ4n) is 5.20. The molecule has 1 N–H and O–H groups in total. The third-order valence-corrected chi connectivity index (χ3v) is 6.33. The molecule has 3 aromatic carbocycles. The number of carbonyl (C=O) groups excluding carboxylic acids is 1. The summed E-state index contributed by atoms with van der Waals surface area (Å²) in [7, 11) is 0. The maximum atomic E-state index is 12.3. The van der Waals surface area contributed by atoms with Crippen molar-refractivity contribution in [1.82, 2.24) is 5.43 Å². The molecule has 0 bridgehead atoms. The van der Waals surface area contributed by atoms with E-state index < -0.39 is 0 Å². The first-order valence-corrected chi connectivity index (χ1v) is 11.6. The van der Waals surface area contributed by atoms with Gasteiger partial charge in [0.15, 0.2) is 6.61 Å². The van der Waals surface area contributed by atoms with Gasteiger partial charge in [-0.3, -0.25) is 4.79 Å². The quantitative estimate of drug-likeness (QED) is 0.383. The minimum Gasteiger partial charge on any atom is -0.483 e. The van der Waals surface area contributed by atoms with E-state index in [-0.39, 0.29) is 18.1 Å². The number of hydrogen-bond acceptors (Lipinski definition) is 4. The van der Waals surface area contributed by atoms with Crippen LogP contribution in [0.5, 0.6) is 5.75 Å². The Morgan fingerprint density at radius 1 is 1.18 bits per heavy atom. The minimum atomic E-state index is -0.293. The van der Waals surface area contributed by atoms with E-state index in [0.29, 0.717) is 17.7 Å². The Balaban J connectivity index is 1.40. The Bertz CT molecular complexity index is 1180. The van der Waals surface area contributed by atoms with E-state index in [9.17, 15) is 4.79 Å². The number of carbonyl (C=O) groups is 1. The van der Waals surface area contributed by atoms with Crippen molar-refractivity contribution in [3.8, 4) is 5.75 Å². The molecule has 1 amide bonds. The summed E-state index contributed by atoms with van der Waals surface area (Å²) in [5, 5.41) is 6.22. The summed E-state index contributed by atoms with van der Waals surface area (Å²) in [4.78, 5) is 14.8. The van der Waals surface area contributed by atoms with E-state index in [4.69, 9.17) is 4.74 Å². The Morgan fingerprint density at radius 3 is 2.73 bits per heavy atom. The second-order valence-corrected chi connectivity index (χ2v) is 9.76. The van der Waals surface area contributed by atoms with Gasteiger partial charge in [-0.2, -0.15) is 5.10 Å². The number of nitrogens with zero attached hydrogens (tertiary/aromatic N) is 2. The largest absolute Gasteiger partial charge is 0.483 e. The number of hydrogen-bond donors (Lipinski definition) is 1. The second kappa shape index (κ2) is 9.26. The third-order valence-electron chi connectivity index (χ3n) is 6.33. The highest BCUT2D eigenvalue weighted by Crippen LogP contribution is 2.44. The zero-order valence-electron chi connectivity index (χ0n) is 20.1. The SMILES string of the molecule is CC(C)N1c2ccc(/C=N/NC(=O)COc3cccc4ccccc34)cc2[C@@H](C)CC1(C)C. The van der Waals surface area contributed by atoms with E-state index in [1.165, 1.54) is 11.3 Å². The molecule has 0 aromatic heterocycles. The number of ether oxygens (including phenoxy) is 1. The summed E-state index contributed by atoms with van der Waals surface area (Å²) in [5.74, 6) is 0.855. The standard InChI is InChI=1S/C28H33N3O2/c1-19(2)31-25-14-13-21(15-24(25)20(3)16-28(31,4)5)17-29-30-27(32)18-33-26-12-8-10-22-9-6-7-11-23(22)26/h6-15,17,19-20H,16,18H2,1-5H3,(H,30,32)/b29-17+/t20-/m0/s1. The van der Waals surface area contributed by atoms with Crippen molar-refractivity contribution < 1.29 is 9.53 Å². The molecular formula is C28H33N3O2. The average Bonchev–Trinajstić information content (AvgIpc) is 2.77. The molecule has 0 saturated carbocycles. The van der Waals surface area contributed by atoms with Crippen LogP contribution in [0.15, 0.2) is 65.8 Å². The topological polar surface area (TPSA) is 53.9 Å². The molecule has 172 valence electrons. The molecule has 0 aliphatic carbocycles. The van der Waals surface area contributed by atoms with Gasteiger partial charge < -0.3 is 9.64 Å². The number of amides is 1. The maximum Gasteiger partial charge on any atom is 0.277 e. The van der Waals surface area contributed by atoms with Gasteiger partial charge in [0.25, 0.3) is 5.91 Å². The maximum absolute atomic E-state index is 12.3. The number of fused-ring (bicyclic) bond motifs is 2. The number of nitrogens with one attached hydrogen (secondary N) is 1. The van der Waals surface area contributed by atoms with Gasteiger partial charge in [-0.1, -0.05) is 49.4 Å². The molecular weight excluding hydrogens is 410 g/mol. The Morgan fingerprint density at radius 2 is 1.94 bits per heavy atom. The normalized spacial score (nSPS) is 17.4.